The van der Waals surface area contributed by atoms with E-state index in [9.17, 15) is 0 Å². The quantitative estimate of drug-likeness (QED) is 0.607. The fourth-order valence-electron chi connectivity index (χ4n) is 3.44. The largest absolute Gasteiger partial charge is 0.465 e. The molecule has 0 saturated carbocycles. The van der Waals surface area contributed by atoms with Crippen LogP contribution in [0.2, 0.25) is 0 Å². The molecule has 0 amide bonds. The normalized spacial score (nSPS) is 20.8. The molecule has 0 radical (unpaired) electrons. The number of furan rings is 1. The predicted molar refractivity (Wildman–Crippen MR) is 89.7 cm³/mol. The summed E-state index contributed by atoms with van der Waals surface area (Å²) in [6.45, 7) is 0. The van der Waals surface area contributed by atoms with Crippen molar-refractivity contribution in [3.63, 3.8) is 0 Å². The van der Waals surface area contributed by atoms with Crippen molar-refractivity contribution in [1.82, 2.24) is 0 Å². The number of allylic oxidation sites excluding steroid dienone is 2. The van der Waals surface area contributed by atoms with E-state index in [1.54, 1.807) is 6.26 Å². The maximum atomic E-state index is 5.62. The molecule has 1 aliphatic rings. The van der Waals surface area contributed by atoms with E-state index in [2.05, 4.69) is 72.8 Å². The Balaban J connectivity index is 1.75. The van der Waals surface area contributed by atoms with E-state index in [0.717, 1.165) is 12.2 Å². The molecular weight excluding hydrogens is 268 g/mol. The molecule has 108 valence electrons. The standard InChI is InChI=1S/C21H18O/c1-3-8-16(9-4-1)19-14-18(21-12-7-13-22-21)15-20(19)17-10-5-2-6-11-17/h1-14,19-20H,15H2/t19-,20-/m0/s1. The zero-order valence-electron chi connectivity index (χ0n) is 12.4. The van der Waals surface area contributed by atoms with Gasteiger partial charge in [0.05, 0.1) is 6.26 Å². The van der Waals surface area contributed by atoms with Gasteiger partial charge in [-0.2, -0.15) is 0 Å². The molecule has 0 aliphatic heterocycles. The zero-order chi connectivity index (χ0) is 14.8. The van der Waals surface area contributed by atoms with E-state index in [1.165, 1.54) is 16.7 Å². The van der Waals surface area contributed by atoms with Gasteiger partial charge in [0, 0.05) is 5.92 Å². The monoisotopic (exact) mass is 286 g/mol. The van der Waals surface area contributed by atoms with Gasteiger partial charge >= 0.3 is 0 Å². The molecule has 2 atom stereocenters. The average molecular weight is 286 g/mol. The SMILES string of the molecule is C1=C(c2ccco2)C[C@@H](c2ccccc2)[C@@H]1c1ccccc1. The Morgan fingerprint density at radius 1 is 0.727 bits per heavy atom. The Morgan fingerprint density at radius 3 is 2.05 bits per heavy atom. The minimum Gasteiger partial charge on any atom is -0.465 e. The van der Waals surface area contributed by atoms with Crippen LogP contribution in [0.5, 0.6) is 0 Å². The molecule has 0 N–H and O–H groups in total. The van der Waals surface area contributed by atoms with E-state index in [0.29, 0.717) is 11.8 Å². The van der Waals surface area contributed by atoms with Gasteiger partial charge in [0.15, 0.2) is 0 Å². The van der Waals surface area contributed by atoms with Crippen molar-refractivity contribution in [3.8, 4) is 0 Å². The first kappa shape index (κ1) is 13.1. The number of hydrogen-bond acceptors (Lipinski definition) is 1. The molecular formula is C21H18O. The lowest BCUT2D eigenvalue weighted by molar-refractivity contribution is 0.549. The molecule has 0 saturated heterocycles. The Hall–Kier alpha value is -2.54. The van der Waals surface area contributed by atoms with E-state index in [4.69, 9.17) is 4.42 Å². The fraction of sp³-hybridized carbons (Fsp3) is 0.143. The maximum Gasteiger partial charge on any atom is 0.129 e. The number of hydrogen-bond donors (Lipinski definition) is 0. The number of rotatable bonds is 3. The minimum absolute atomic E-state index is 0.406. The molecule has 1 heteroatoms. The Kier molecular flexibility index (Phi) is 3.40. The summed E-state index contributed by atoms with van der Waals surface area (Å²) in [6.07, 6.45) is 5.16. The Labute approximate surface area is 130 Å². The molecule has 22 heavy (non-hydrogen) atoms. The molecule has 1 nitrogen and oxygen atoms in total. The third-order valence-electron chi connectivity index (χ3n) is 4.50. The summed E-state index contributed by atoms with van der Waals surface area (Å²) >= 11 is 0. The summed E-state index contributed by atoms with van der Waals surface area (Å²) in [5.74, 6) is 1.88. The summed E-state index contributed by atoms with van der Waals surface area (Å²) in [7, 11) is 0. The molecule has 0 fully saturated rings. The molecule has 2 aromatic carbocycles. The van der Waals surface area contributed by atoms with Crippen LogP contribution in [-0.2, 0) is 0 Å². The van der Waals surface area contributed by atoms with E-state index in [-0.39, 0.29) is 0 Å². The molecule has 0 spiro atoms. The molecule has 1 aliphatic carbocycles. The van der Waals surface area contributed by atoms with Crippen LogP contribution in [0.1, 0.15) is 35.1 Å². The highest BCUT2D eigenvalue weighted by molar-refractivity contribution is 5.67. The van der Waals surface area contributed by atoms with Gasteiger partial charge in [-0.15, -0.1) is 0 Å². The summed E-state index contributed by atoms with van der Waals surface area (Å²) in [5.41, 5.74) is 4.08. The lowest BCUT2D eigenvalue weighted by Gasteiger charge is -2.20. The first-order valence-electron chi connectivity index (χ1n) is 7.76. The highest BCUT2D eigenvalue weighted by Gasteiger charge is 2.31. The van der Waals surface area contributed by atoms with Crippen LogP contribution in [-0.4, -0.2) is 0 Å². The van der Waals surface area contributed by atoms with Crippen LogP contribution in [0.25, 0.3) is 5.57 Å². The van der Waals surface area contributed by atoms with Gasteiger partial charge in [-0.1, -0.05) is 66.7 Å². The van der Waals surface area contributed by atoms with Gasteiger partial charge in [0.1, 0.15) is 5.76 Å². The average Bonchev–Trinajstić information content (AvgIpc) is 3.26. The molecule has 1 heterocycles. The molecule has 1 aromatic heterocycles. The van der Waals surface area contributed by atoms with Gasteiger partial charge < -0.3 is 4.42 Å². The highest BCUT2D eigenvalue weighted by atomic mass is 16.3. The van der Waals surface area contributed by atoms with Gasteiger partial charge in [-0.25, -0.2) is 0 Å². The molecule has 4 rings (SSSR count). The predicted octanol–water partition coefficient (Wildman–Crippen LogP) is 5.63. The van der Waals surface area contributed by atoms with Crippen LogP contribution < -0.4 is 0 Å². The zero-order valence-corrected chi connectivity index (χ0v) is 12.4. The smallest absolute Gasteiger partial charge is 0.129 e. The lowest BCUT2D eigenvalue weighted by Crippen LogP contribution is -2.04. The third kappa shape index (κ3) is 2.39. The summed E-state index contributed by atoms with van der Waals surface area (Å²) in [5, 5.41) is 0. The minimum atomic E-state index is 0.406. The fourth-order valence-corrected chi connectivity index (χ4v) is 3.44. The molecule has 0 unspecified atom stereocenters. The second kappa shape index (κ2) is 5.69. The van der Waals surface area contributed by atoms with Crippen LogP contribution in [0, 0.1) is 0 Å². The van der Waals surface area contributed by atoms with Gasteiger partial charge in [-0.05, 0) is 41.2 Å². The van der Waals surface area contributed by atoms with Crippen LogP contribution >= 0.6 is 0 Å². The second-order valence-corrected chi connectivity index (χ2v) is 5.83. The number of benzene rings is 2. The van der Waals surface area contributed by atoms with Crippen molar-refractivity contribution < 1.29 is 4.42 Å². The Morgan fingerprint density at radius 2 is 1.41 bits per heavy atom. The molecule has 0 bridgehead atoms. The van der Waals surface area contributed by atoms with Crippen LogP contribution in [0.15, 0.2) is 89.6 Å². The van der Waals surface area contributed by atoms with E-state index >= 15 is 0 Å². The lowest BCUT2D eigenvalue weighted by atomic mass is 9.83. The van der Waals surface area contributed by atoms with E-state index in [1.807, 2.05) is 6.07 Å². The van der Waals surface area contributed by atoms with E-state index < -0.39 is 0 Å². The topological polar surface area (TPSA) is 13.1 Å². The van der Waals surface area contributed by atoms with Gasteiger partial charge in [-0.3, -0.25) is 0 Å². The van der Waals surface area contributed by atoms with Gasteiger partial charge in [0.2, 0.25) is 0 Å². The Bertz CT molecular complexity index is 754. The van der Waals surface area contributed by atoms with Crippen molar-refractivity contribution in [1.29, 1.82) is 0 Å². The van der Waals surface area contributed by atoms with Crippen molar-refractivity contribution in [3.05, 3.63) is 102 Å². The first-order valence-corrected chi connectivity index (χ1v) is 7.76. The summed E-state index contributed by atoms with van der Waals surface area (Å²) in [4.78, 5) is 0. The molecule has 3 aromatic rings. The maximum absolute atomic E-state index is 5.62. The summed E-state index contributed by atoms with van der Waals surface area (Å²) < 4.78 is 5.62. The highest BCUT2D eigenvalue weighted by Crippen LogP contribution is 2.47. The van der Waals surface area contributed by atoms with Gasteiger partial charge in [0.25, 0.3) is 0 Å². The summed E-state index contributed by atoms with van der Waals surface area (Å²) in [6, 6.07) is 25.6. The first-order chi connectivity index (χ1) is 10.9. The van der Waals surface area contributed by atoms with Crippen LogP contribution in [0.4, 0.5) is 0 Å². The van der Waals surface area contributed by atoms with Crippen molar-refractivity contribution in [2.24, 2.45) is 0 Å². The second-order valence-electron chi connectivity index (χ2n) is 5.83. The van der Waals surface area contributed by atoms with Crippen LogP contribution in [0.3, 0.4) is 0 Å². The third-order valence-corrected chi connectivity index (χ3v) is 4.50. The van der Waals surface area contributed by atoms with Crippen molar-refractivity contribution in [2.45, 2.75) is 18.3 Å². The van der Waals surface area contributed by atoms with Crippen molar-refractivity contribution >= 4 is 5.57 Å². The van der Waals surface area contributed by atoms with Crippen molar-refractivity contribution in [2.75, 3.05) is 0 Å².